The molecule has 1 aliphatic heterocycles. The van der Waals surface area contributed by atoms with E-state index in [1.807, 2.05) is 66.7 Å². The largest absolute Gasteiger partial charge is 0.374 e. The van der Waals surface area contributed by atoms with E-state index < -0.39 is 12.4 Å². The Bertz CT molecular complexity index is 1120. The summed E-state index contributed by atoms with van der Waals surface area (Å²) in [4.78, 5) is 12.0. The first kappa shape index (κ1) is 31.1. The molecule has 1 heterocycles. The summed E-state index contributed by atoms with van der Waals surface area (Å²) in [7, 11) is 0. The Hall–Kier alpha value is -2.87. The van der Waals surface area contributed by atoms with Crippen LogP contribution in [0, 0.1) is 0 Å². The van der Waals surface area contributed by atoms with Crippen LogP contribution in [0.1, 0.15) is 62.6 Å². The fourth-order valence-corrected chi connectivity index (χ4v) is 5.09. The normalized spacial score (nSPS) is 21.4. The van der Waals surface area contributed by atoms with Crippen LogP contribution in [0.4, 0.5) is 0 Å². The Morgan fingerprint density at radius 2 is 1.39 bits per heavy atom. The van der Waals surface area contributed by atoms with Crippen molar-refractivity contribution in [1.29, 1.82) is 0 Å². The van der Waals surface area contributed by atoms with E-state index in [4.69, 9.17) is 23.7 Å². The molecule has 0 saturated carbocycles. The smallest absolute Gasteiger partial charge is 0.161 e. The summed E-state index contributed by atoms with van der Waals surface area (Å²) in [6.07, 6.45) is 1.94. The first-order chi connectivity index (χ1) is 20.1. The van der Waals surface area contributed by atoms with Crippen LogP contribution < -0.4 is 0 Å². The molecule has 0 amide bonds. The Kier molecular flexibility index (Phi) is 13.0. The molecule has 3 aromatic carbocycles. The number of carbonyl (C=O) groups excluding carboxylic acids is 1. The first-order valence-corrected chi connectivity index (χ1v) is 14.8. The number of ether oxygens (including phenoxy) is 5. The van der Waals surface area contributed by atoms with Crippen molar-refractivity contribution in [3.05, 3.63) is 108 Å². The van der Waals surface area contributed by atoms with Gasteiger partial charge in [-0.05, 0) is 30.0 Å². The standard InChI is InChI=1S/C35H44O6/c1-3-4-20-31(21-27(2)36)40-34-22-32(38-24-29-16-10-6-11-17-29)35(39-25-30-18-12-7-13-19-30)33(41-34)26-37-23-28-14-8-5-9-15-28/h5-19,31-35H,3-4,20-26H2,1-2H3/t31-,32-,33-,34+,35+/m1/s1. The molecule has 220 valence electrons. The number of hydrogen-bond donors (Lipinski definition) is 0. The maximum Gasteiger partial charge on any atom is 0.161 e. The lowest BCUT2D eigenvalue weighted by atomic mass is 10.00. The zero-order valence-corrected chi connectivity index (χ0v) is 24.4. The van der Waals surface area contributed by atoms with E-state index in [2.05, 4.69) is 31.2 Å². The zero-order chi connectivity index (χ0) is 28.7. The second kappa shape index (κ2) is 17.2. The van der Waals surface area contributed by atoms with Gasteiger partial charge in [0.05, 0.1) is 38.6 Å². The minimum absolute atomic E-state index is 0.116. The maximum absolute atomic E-state index is 12.0. The molecule has 1 fully saturated rings. The van der Waals surface area contributed by atoms with Crippen LogP contribution in [-0.2, 0) is 48.3 Å². The van der Waals surface area contributed by atoms with Gasteiger partial charge in [-0.15, -0.1) is 0 Å². The Balaban J connectivity index is 1.52. The fourth-order valence-electron chi connectivity index (χ4n) is 5.09. The number of rotatable bonds is 17. The third-order valence-corrected chi connectivity index (χ3v) is 7.21. The molecular formula is C35H44O6. The van der Waals surface area contributed by atoms with E-state index in [0.717, 1.165) is 36.0 Å². The highest BCUT2D eigenvalue weighted by atomic mass is 16.7. The summed E-state index contributed by atoms with van der Waals surface area (Å²) < 4.78 is 32.2. The van der Waals surface area contributed by atoms with Crippen LogP contribution in [0.25, 0.3) is 0 Å². The molecule has 0 bridgehead atoms. The molecule has 41 heavy (non-hydrogen) atoms. The predicted molar refractivity (Wildman–Crippen MR) is 159 cm³/mol. The van der Waals surface area contributed by atoms with Crippen LogP contribution in [0.2, 0.25) is 0 Å². The second-order valence-corrected chi connectivity index (χ2v) is 10.7. The van der Waals surface area contributed by atoms with E-state index in [1.54, 1.807) is 6.92 Å². The number of unbranched alkanes of at least 4 members (excludes halogenated alkanes) is 1. The molecule has 4 rings (SSSR count). The Morgan fingerprint density at radius 3 is 1.95 bits per heavy atom. The van der Waals surface area contributed by atoms with Gasteiger partial charge in [0.15, 0.2) is 6.29 Å². The molecule has 5 atom stereocenters. The minimum atomic E-state index is -0.529. The van der Waals surface area contributed by atoms with Gasteiger partial charge < -0.3 is 23.7 Å². The van der Waals surface area contributed by atoms with Crippen LogP contribution in [-0.4, -0.2) is 43.1 Å². The van der Waals surface area contributed by atoms with Gasteiger partial charge in [0.1, 0.15) is 18.0 Å². The summed E-state index contributed by atoms with van der Waals surface area (Å²) in [6, 6.07) is 30.3. The van der Waals surface area contributed by atoms with E-state index in [0.29, 0.717) is 39.3 Å². The second-order valence-electron chi connectivity index (χ2n) is 10.7. The molecule has 3 aromatic rings. The van der Waals surface area contributed by atoms with Crippen molar-refractivity contribution in [2.24, 2.45) is 0 Å². The highest BCUT2D eigenvalue weighted by Gasteiger charge is 2.42. The van der Waals surface area contributed by atoms with Crippen molar-refractivity contribution < 1.29 is 28.5 Å². The lowest BCUT2D eigenvalue weighted by Gasteiger charge is -2.42. The predicted octanol–water partition coefficient (Wildman–Crippen LogP) is 7.04. The van der Waals surface area contributed by atoms with Crippen LogP contribution in [0.3, 0.4) is 0 Å². The molecule has 0 unspecified atom stereocenters. The summed E-state index contributed by atoms with van der Waals surface area (Å²) >= 11 is 0. The maximum atomic E-state index is 12.0. The quantitative estimate of drug-likeness (QED) is 0.176. The average molecular weight is 561 g/mol. The van der Waals surface area contributed by atoms with Gasteiger partial charge in [0.25, 0.3) is 0 Å². The molecule has 0 aromatic heterocycles. The molecule has 6 nitrogen and oxygen atoms in total. The SMILES string of the molecule is CCCC[C@H](CC(C)=O)O[C@@H]1C[C@@H](OCc2ccccc2)[C@H](OCc2ccccc2)[C@@H](COCc2ccccc2)O1. The molecule has 1 aliphatic rings. The third-order valence-electron chi connectivity index (χ3n) is 7.21. The number of benzene rings is 3. The molecule has 0 radical (unpaired) electrons. The van der Waals surface area contributed by atoms with Crippen LogP contribution in [0.5, 0.6) is 0 Å². The van der Waals surface area contributed by atoms with Gasteiger partial charge in [-0.3, -0.25) is 4.79 Å². The van der Waals surface area contributed by atoms with Crippen molar-refractivity contribution in [3.63, 3.8) is 0 Å². The van der Waals surface area contributed by atoms with Crippen molar-refractivity contribution in [2.75, 3.05) is 6.61 Å². The number of Topliss-reactive ketones (excluding diaryl/α,β-unsaturated/α-hetero) is 1. The molecule has 0 N–H and O–H groups in total. The van der Waals surface area contributed by atoms with E-state index >= 15 is 0 Å². The third kappa shape index (κ3) is 10.8. The lowest BCUT2D eigenvalue weighted by Crippen LogP contribution is -2.53. The first-order valence-electron chi connectivity index (χ1n) is 14.8. The fraction of sp³-hybridized carbons (Fsp3) is 0.457. The Morgan fingerprint density at radius 1 is 0.829 bits per heavy atom. The topological polar surface area (TPSA) is 63.2 Å². The van der Waals surface area contributed by atoms with E-state index in [-0.39, 0.29) is 24.1 Å². The van der Waals surface area contributed by atoms with Crippen LogP contribution in [0.15, 0.2) is 91.0 Å². The average Bonchev–Trinajstić information content (AvgIpc) is 2.99. The Labute approximate surface area is 244 Å². The summed E-state index contributed by atoms with van der Waals surface area (Å²) in [5, 5.41) is 0. The molecule has 1 saturated heterocycles. The van der Waals surface area contributed by atoms with E-state index in [9.17, 15) is 4.79 Å². The van der Waals surface area contributed by atoms with Crippen molar-refractivity contribution in [1.82, 2.24) is 0 Å². The number of ketones is 1. The molecular weight excluding hydrogens is 516 g/mol. The zero-order valence-electron chi connectivity index (χ0n) is 24.4. The number of hydrogen-bond acceptors (Lipinski definition) is 6. The van der Waals surface area contributed by atoms with Gasteiger partial charge in [-0.1, -0.05) is 111 Å². The van der Waals surface area contributed by atoms with Gasteiger partial charge >= 0.3 is 0 Å². The van der Waals surface area contributed by atoms with E-state index in [1.165, 1.54) is 0 Å². The lowest BCUT2D eigenvalue weighted by molar-refractivity contribution is -0.288. The monoisotopic (exact) mass is 560 g/mol. The minimum Gasteiger partial charge on any atom is -0.374 e. The highest BCUT2D eigenvalue weighted by Crippen LogP contribution is 2.30. The molecule has 6 heteroatoms. The summed E-state index contributed by atoms with van der Waals surface area (Å²) in [6.45, 7) is 5.44. The number of carbonyl (C=O) groups is 1. The molecule has 0 aliphatic carbocycles. The van der Waals surface area contributed by atoms with Gasteiger partial charge in [-0.2, -0.15) is 0 Å². The van der Waals surface area contributed by atoms with Crippen molar-refractivity contribution in [2.45, 2.75) is 96.5 Å². The van der Waals surface area contributed by atoms with Gasteiger partial charge in [0, 0.05) is 12.8 Å². The summed E-state index contributed by atoms with van der Waals surface area (Å²) in [5.41, 5.74) is 3.26. The van der Waals surface area contributed by atoms with Gasteiger partial charge in [-0.25, -0.2) is 0 Å². The summed E-state index contributed by atoms with van der Waals surface area (Å²) in [5.74, 6) is 0.116. The van der Waals surface area contributed by atoms with Crippen molar-refractivity contribution >= 4 is 5.78 Å². The highest BCUT2D eigenvalue weighted by molar-refractivity contribution is 5.75. The van der Waals surface area contributed by atoms with Crippen molar-refractivity contribution in [3.8, 4) is 0 Å². The van der Waals surface area contributed by atoms with Gasteiger partial charge in [0.2, 0.25) is 0 Å². The van der Waals surface area contributed by atoms with Crippen LogP contribution >= 0.6 is 0 Å². The molecule has 0 spiro atoms.